The van der Waals surface area contributed by atoms with Gasteiger partial charge in [0.1, 0.15) is 11.5 Å². The summed E-state index contributed by atoms with van der Waals surface area (Å²) in [7, 11) is 1.86. The van der Waals surface area contributed by atoms with Gasteiger partial charge in [0.25, 0.3) is 0 Å². The molecule has 2 heterocycles. The minimum Gasteiger partial charge on any atom is -0.355 e. The number of hydrogen-bond acceptors (Lipinski definition) is 4. The van der Waals surface area contributed by atoms with E-state index in [1.54, 1.807) is 12.3 Å². The molecule has 3 aromatic rings. The van der Waals surface area contributed by atoms with E-state index < -0.39 is 11.6 Å². The van der Waals surface area contributed by atoms with Crippen molar-refractivity contribution in [3.05, 3.63) is 71.1 Å². The molecule has 0 spiro atoms. The van der Waals surface area contributed by atoms with E-state index in [-0.39, 0.29) is 0 Å². The first-order valence-electron chi connectivity index (χ1n) is 7.87. The van der Waals surface area contributed by atoms with Crippen LogP contribution >= 0.6 is 0 Å². The number of halogens is 2. The quantitative estimate of drug-likeness (QED) is 0.718. The van der Waals surface area contributed by atoms with Crippen LogP contribution in [-0.4, -0.2) is 22.0 Å². The molecule has 4 nitrogen and oxygen atoms in total. The van der Waals surface area contributed by atoms with E-state index in [0.717, 1.165) is 23.1 Å². The maximum absolute atomic E-state index is 13.4. The van der Waals surface area contributed by atoms with Crippen LogP contribution < -0.4 is 4.90 Å². The van der Waals surface area contributed by atoms with Crippen molar-refractivity contribution in [3.8, 4) is 11.5 Å². The van der Waals surface area contributed by atoms with Crippen LogP contribution in [0.5, 0.6) is 0 Å². The molecule has 0 aliphatic rings. The summed E-state index contributed by atoms with van der Waals surface area (Å²) in [6, 6.07) is 9.47. The summed E-state index contributed by atoms with van der Waals surface area (Å²) in [5.74, 6) is -0.428. The van der Waals surface area contributed by atoms with Crippen LogP contribution in [-0.2, 0) is 6.54 Å². The van der Waals surface area contributed by atoms with E-state index in [1.807, 2.05) is 44.0 Å². The first-order chi connectivity index (χ1) is 12.0. The number of pyridine rings is 1. The molecule has 0 atom stereocenters. The number of aromatic nitrogens is 3. The maximum atomic E-state index is 13.4. The van der Waals surface area contributed by atoms with Gasteiger partial charge in [0.15, 0.2) is 17.5 Å². The highest BCUT2D eigenvalue weighted by Crippen LogP contribution is 2.24. The average molecular weight is 340 g/mol. The summed E-state index contributed by atoms with van der Waals surface area (Å²) >= 11 is 0. The summed E-state index contributed by atoms with van der Waals surface area (Å²) in [6.45, 7) is 4.25. The second-order valence-electron chi connectivity index (χ2n) is 5.90. The molecular weight excluding hydrogens is 322 g/mol. The zero-order valence-corrected chi connectivity index (χ0v) is 14.3. The lowest BCUT2D eigenvalue weighted by atomic mass is 10.1. The zero-order chi connectivity index (χ0) is 18.0. The van der Waals surface area contributed by atoms with Crippen molar-refractivity contribution < 1.29 is 8.78 Å². The molecule has 1 aromatic carbocycles. The predicted molar refractivity (Wildman–Crippen MR) is 93.2 cm³/mol. The first kappa shape index (κ1) is 17.0. The summed E-state index contributed by atoms with van der Waals surface area (Å²) in [5, 5.41) is 0. The predicted octanol–water partition coefficient (Wildman–Crippen LogP) is 4.07. The molecule has 0 saturated heterocycles. The van der Waals surface area contributed by atoms with E-state index >= 15 is 0 Å². The van der Waals surface area contributed by atoms with Crippen molar-refractivity contribution in [2.24, 2.45) is 0 Å². The fraction of sp³-hybridized carbons (Fsp3) is 0.211. The van der Waals surface area contributed by atoms with Gasteiger partial charge in [-0.3, -0.25) is 4.98 Å². The van der Waals surface area contributed by atoms with Crippen LogP contribution in [0.4, 0.5) is 14.6 Å². The second kappa shape index (κ2) is 6.93. The first-order valence-corrected chi connectivity index (χ1v) is 7.87. The second-order valence-corrected chi connectivity index (χ2v) is 5.90. The number of aryl methyl sites for hydroxylation is 1. The van der Waals surface area contributed by atoms with E-state index in [4.69, 9.17) is 0 Å². The highest BCUT2D eigenvalue weighted by atomic mass is 19.2. The Morgan fingerprint density at radius 3 is 2.48 bits per heavy atom. The van der Waals surface area contributed by atoms with E-state index in [0.29, 0.717) is 23.6 Å². The SMILES string of the molecule is Cc1nc(-c2ccccn2)nc(N(C)Cc2ccc(F)c(F)c2)c1C. The molecule has 0 radical (unpaired) electrons. The Kier molecular flexibility index (Phi) is 4.70. The standard InChI is InChI=1S/C19H18F2N4/c1-12-13(2)23-18(17-6-4-5-9-22-17)24-19(12)25(3)11-14-7-8-15(20)16(21)10-14/h4-10H,11H2,1-3H3. The maximum Gasteiger partial charge on any atom is 0.180 e. The van der Waals surface area contributed by atoms with Gasteiger partial charge in [-0.15, -0.1) is 0 Å². The molecule has 0 unspecified atom stereocenters. The van der Waals surface area contributed by atoms with E-state index in [9.17, 15) is 8.78 Å². The summed E-state index contributed by atoms with van der Waals surface area (Å²) in [4.78, 5) is 15.3. The van der Waals surface area contributed by atoms with Gasteiger partial charge >= 0.3 is 0 Å². The molecule has 0 aliphatic heterocycles. The number of nitrogens with zero attached hydrogens (tertiary/aromatic N) is 4. The van der Waals surface area contributed by atoms with Crippen LogP contribution in [0.1, 0.15) is 16.8 Å². The molecule has 0 bridgehead atoms. The third kappa shape index (κ3) is 3.63. The van der Waals surface area contributed by atoms with Crippen LogP contribution in [0.15, 0.2) is 42.6 Å². The molecule has 0 N–H and O–H groups in total. The zero-order valence-electron chi connectivity index (χ0n) is 14.3. The minimum atomic E-state index is -0.851. The lowest BCUT2D eigenvalue weighted by Gasteiger charge is -2.22. The number of hydrogen-bond donors (Lipinski definition) is 0. The molecule has 3 rings (SSSR count). The van der Waals surface area contributed by atoms with Gasteiger partial charge in [0, 0.05) is 31.0 Å². The number of anilines is 1. The molecule has 0 saturated carbocycles. The van der Waals surface area contributed by atoms with Gasteiger partial charge in [-0.1, -0.05) is 12.1 Å². The van der Waals surface area contributed by atoms with Gasteiger partial charge in [-0.25, -0.2) is 18.7 Å². The Bertz CT molecular complexity index is 897. The van der Waals surface area contributed by atoms with Crippen molar-refractivity contribution in [1.82, 2.24) is 15.0 Å². The Morgan fingerprint density at radius 2 is 1.80 bits per heavy atom. The minimum absolute atomic E-state index is 0.399. The molecule has 0 aliphatic carbocycles. The van der Waals surface area contributed by atoms with Crippen molar-refractivity contribution in [2.45, 2.75) is 20.4 Å². The molecule has 0 fully saturated rings. The van der Waals surface area contributed by atoms with Gasteiger partial charge in [0.2, 0.25) is 0 Å². The number of benzene rings is 1. The largest absolute Gasteiger partial charge is 0.355 e. The number of rotatable bonds is 4. The molecule has 6 heteroatoms. The highest BCUT2D eigenvalue weighted by Gasteiger charge is 2.14. The summed E-state index contributed by atoms with van der Waals surface area (Å²) in [6.07, 6.45) is 1.69. The smallest absolute Gasteiger partial charge is 0.180 e. The third-order valence-corrected chi connectivity index (χ3v) is 4.02. The van der Waals surface area contributed by atoms with Crippen molar-refractivity contribution in [1.29, 1.82) is 0 Å². The van der Waals surface area contributed by atoms with Gasteiger partial charge < -0.3 is 4.90 Å². The fourth-order valence-corrected chi connectivity index (χ4v) is 2.58. The van der Waals surface area contributed by atoms with Gasteiger partial charge in [-0.2, -0.15) is 0 Å². The Balaban J connectivity index is 1.95. The normalized spacial score (nSPS) is 10.8. The van der Waals surface area contributed by atoms with Crippen LogP contribution in [0.2, 0.25) is 0 Å². The Morgan fingerprint density at radius 1 is 1.00 bits per heavy atom. The van der Waals surface area contributed by atoms with Gasteiger partial charge in [0.05, 0.1) is 0 Å². The van der Waals surface area contributed by atoms with Crippen LogP contribution in [0.3, 0.4) is 0 Å². The van der Waals surface area contributed by atoms with Crippen molar-refractivity contribution in [3.63, 3.8) is 0 Å². The Labute approximate surface area is 145 Å². The van der Waals surface area contributed by atoms with Crippen molar-refractivity contribution >= 4 is 5.82 Å². The van der Waals surface area contributed by atoms with E-state index in [2.05, 4.69) is 15.0 Å². The topological polar surface area (TPSA) is 41.9 Å². The molecule has 25 heavy (non-hydrogen) atoms. The third-order valence-electron chi connectivity index (χ3n) is 4.02. The summed E-state index contributed by atoms with van der Waals surface area (Å²) < 4.78 is 26.5. The molecular formula is C19H18F2N4. The Hall–Kier alpha value is -2.89. The lowest BCUT2D eigenvalue weighted by Crippen LogP contribution is -2.20. The van der Waals surface area contributed by atoms with E-state index in [1.165, 1.54) is 6.07 Å². The van der Waals surface area contributed by atoms with Crippen LogP contribution in [0.25, 0.3) is 11.5 Å². The van der Waals surface area contributed by atoms with Gasteiger partial charge in [-0.05, 0) is 43.7 Å². The molecule has 2 aromatic heterocycles. The highest BCUT2D eigenvalue weighted by molar-refractivity contribution is 5.57. The lowest BCUT2D eigenvalue weighted by molar-refractivity contribution is 0.507. The summed E-state index contributed by atoms with van der Waals surface area (Å²) in [5.41, 5.74) is 3.14. The van der Waals surface area contributed by atoms with Crippen molar-refractivity contribution in [2.75, 3.05) is 11.9 Å². The molecule has 0 amide bonds. The van der Waals surface area contributed by atoms with Crippen LogP contribution in [0, 0.1) is 25.5 Å². The molecule has 128 valence electrons. The average Bonchev–Trinajstić information content (AvgIpc) is 2.61. The monoisotopic (exact) mass is 340 g/mol. The fourth-order valence-electron chi connectivity index (χ4n) is 2.58.